The van der Waals surface area contributed by atoms with Crippen molar-refractivity contribution < 1.29 is 9.59 Å². The number of halogens is 1. The Labute approximate surface area is 160 Å². The van der Waals surface area contributed by atoms with Gasteiger partial charge >= 0.3 is 0 Å². The maximum absolute atomic E-state index is 12.4. The minimum atomic E-state index is -0.0166. The monoisotopic (exact) mass is 385 g/mol. The first-order valence-electron chi connectivity index (χ1n) is 9.03. The van der Waals surface area contributed by atoms with Crippen LogP contribution in [-0.4, -0.2) is 48.9 Å². The molecule has 0 aliphatic carbocycles. The van der Waals surface area contributed by atoms with Gasteiger partial charge in [-0.3, -0.25) is 9.59 Å². The summed E-state index contributed by atoms with van der Waals surface area (Å²) in [4.78, 5) is 27.8. The molecular formula is C18H28ClN3O2S. The van der Waals surface area contributed by atoms with Crippen LogP contribution in [0, 0.1) is 5.92 Å². The Kier molecular flexibility index (Phi) is 8.19. The van der Waals surface area contributed by atoms with E-state index in [1.165, 1.54) is 4.88 Å². The van der Waals surface area contributed by atoms with E-state index in [1.807, 2.05) is 11.0 Å². The number of rotatable bonds is 6. The first kappa shape index (κ1) is 20.2. The molecule has 5 nitrogen and oxygen atoms in total. The number of carbonyl (C=O) groups excluding carboxylic acids is 2. The lowest BCUT2D eigenvalue weighted by molar-refractivity contribution is -0.132. The number of carbonyl (C=O) groups is 2. The molecule has 2 N–H and O–H groups in total. The van der Waals surface area contributed by atoms with Crippen LogP contribution in [0.2, 0.25) is 0 Å². The summed E-state index contributed by atoms with van der Waals surface area (Å²) in [7, 11) is 0. The minimum absolute atomic E-state index is 0. The summed E-state index contributed by atoms with van der Waals surface area (Å²) < 4.78 is 0. The van der Waals surface area contributed by atoms with E-state index in [1.54, 1.807) is 11.3 Å². The molecule has 0 bridgehead atoms. The van der Waals surface area contributed by atoms with Crippen molar-refractivity contribution in [2.45, 2.75) is 44.6 Å². The molecule has 3 heterocycles. The first-order chi connectivity index (χ1) is 11.7. The average molecular weight is 386 g/mol. The smallest absolute Gasteiger partial charge is 0.237 e. The van der Waals surface area contributed by atoms with Crippen LogP contribution in [0.3, 0.4) is 0 Å². The molecule has 2 unspecified atom stereocenters. The topological polar surface area (TPSA) is 61.4 Å². The van der Waals surface area contributed by atoms with E-state index in [0.29, 0.717) is 18.9 Å². The van der Waals surface area contributed by atoms with E-state index < -0.39 is 0 Å². The largest absolute Gasteiger partial charge is 0.354 e. The van der Waals surface area contributed by atoms with Gasteiger partial charge in [0.1, 0.15) is 0 Å². The highest BCUT2D eigenvalue weighted by molar-refractivity contribution is 7.09. The van der Waals surface area contributed by atoms with Crippen molar-refractivity contribution in [3.63, 3.8) is 0 Å². The second-order valence-corrected chi connectivity index (χ2v) is 7.85. The highest BCUT2D eigenvalue weighted by Crippen LogP contribution is 2.18. The van der Waals surface area contributed by atoms with Gasteiger partial charge in [-0.15, -0.1) is 23.7 Å². The number of likely N-dealkylation sites (tertiary alicyclic amines) is 1. The molecule has 0 saturated carbocycles. The van der Waals surface area contributed by atoms with E-state index in [9.17, 15) is 9.59 Å². The molecule has 0 spiro atoms. The first-order valence-corrected chi connectivity index (χ1v) is 9.91. The normalized spacial score (nSPS) is 23.1. The average Bonchev–Trinajstić information content (AvgIpc) is 3.31. The molecule has 1 aromatic rings. The molecule has 2 atom stereocenters. The fraction of sp³-hybridized carbons (Fsp3) is 0.667. The summed E-state index contributed by atoms with van der Waals surface area (Å²) in [6.45, 7) is 3.26. The molecule has 1 aromatic heterocycles. The molecule has 25 heavy (non-hydrogen) atoms. The Morgan fingerprint density at radius 2 is 2.20 bits per heavy atom. The fourth-order valence-electron chi connectivity index (χ4n) is 3.58. The Morgan fingerprint density at radius 1 is 1.32 bits per heavy atom. The Hall–Kier alpha value is -1.11. The zero-order valence-electron chi connectivity index (χ0n) is 14.5. The molecule has 140 valence electrons. The van der Waals surface area contributed by atoms with E-state index in [-0.39, 0.29) is 30.3 Å². The summed E-state index contributed by atoms with van der Waals surface area (Å²) >= 11 is 1.71. The Balaban J connectivity index is 0.00000225. The number of aryl methyl sites for hydroxylation is 1. The SMILES string of the molecule is Cl.O=C(NCC1CCCN(C(=O)CCc2cccs2)C1)C1CCCN1. The van der Waals surface area contributed by atoms with Crippen molar-refractivity contribution in [2.75, 3.05) is 26.2 Å². The van der Waals surface area contributed by atoms with Crippen molar-refractivity contribution in [2.24, 2.45) is 5.92 Å². The third-order valence-electron chi connectivity index (χ3n) is 4.98. The lowest BCUT2D eigenvalue weighted by Gasteiger charge is -2.33. The number of piperidine rings is 1. The summed E-state index contributed by atoms with van der Waals surface area (Å²) in [6, 6.07) is 4.10. The molecule has 7 heteroatoms. The van der Waals surface area contributed by atoms with Gasteiger partial charge in [-0.25, -0.2) is 0 Å². The molecule has 2 aliphatic heterocycles. The molecule has 0 radical (unpaired) electrons. The second kappa shape index (κ2) is 10.1. The third kappa shape index (κ3) is 5.97. The van der Waals surface area contributed by atoms with Crippen LogP contribution in [0.1, 0.15) is 37.0 Å². The predicted molar refractivity (Wildman–Crippen MR) is 103 cm³/mol. The van der Waals surface area contributed by atoms with Crippen molar-refractivity contribution >= 4 is 35.6 Å². The standard InChI is InChI=1S/C18H27N3O2S.ClH/c22-17(8-7-15-5-3-11-24-15)21-10-2-4-14(13-21)12-20-18(23)16-6-1-9-19-16;/h3,5,11,14,16,19H,1-2,4,6-10,12-13H2,(H,20,23);1H. The lowest BCUT2D eigenvalue weighted by Crippen LogP contribution is -2.46. The highest BCUT2D eigenvalue weighted by Gasteiger charge is 2.26. The third-order valence-corrected chi connectivity index (χ3v) is 5.92. The van der Waals surface area contributed by atoms with Crippen molar-refractivity contribution in [3.8, 4) is 0 Å². The number of hydrogen-bond donors (Lipinski definition) is 2. The lowest BCUT2D eigenvalue weighted by atomic mass is 9.97. The van der Waals surface area contributed by atoms with Gasteiger partial charge in [0.2, 0.25) is 11.8 Å². The van der Waals surface area contributed by atoms with E-state index in [0.717, 1.165) is 51.7 Å². The zero-order chi connectivity index (χ0) is 16.8. The maximum Gasteiger partial charge on any atom is 0.237 e. The fourth-order valence-corrected chi connectivity index (χ4v) is 4.29. The summed E-state index contributed by atoms with van der Waals surface area (Å²) in [5.74, 6) is 0.750. The van der Waals surface area contributed by atoms with Crippen LogP contribution in [0.25, 0.3) is 0 Å². The number of nitrogens with zero attached hydrogens (tertiary/aromatic N) is 1. The van der Waals surface area contributed by atoms with Gasteiger partial charge in [0.05, 0.1) is 6.04 Å². The summed E-state index contributed by atoms with van der Waals surface area (Å²) in [6.07, 6.45) is 5.56. The molecular weight excluding hydrogens is 358 g/mol. The van der Waals surface area contributed by atoms with Gasteiger partial charge in [-0.2, -0.15) is 0 Å². The maximum atomic E-state index is 12.4. The van der Waals surface area contributed by atoms with Gasteiger partial charge in [-0.1, -0.05) is 6.07 Å². The second-order valence-electron chi connectivity index (χ2n) is 6.82. The van der Waals surface area contributed by atoms with Crippen LogP contribution in [-0.2, 0) is 16.0 Å². The molecule has 2 saturated heterocycles. The Bertz CT molecular complexity index is 547. The summed E-state index contributed by atoms with van der Waals surface area (Å²) in [5, 5.41) is 8.35. The van der Waals surface area contributed by atoms with Crippen molar-refractivity contribution in [3.05, 3.63) is 22.4 Å². The van der Waals surface area contributed by atoms with E-state index >= 15 is 0 Å². The number of hydrogen-bond acceptors (Lipinski definition) is 4. The highest BCUT2D eigenvalue weighted by atomic mass is 35.5. The van der Waals surface area contributed by atoms with Crippen molar-refractivity contribution in [1.82, 2.24) is 15.5 Å². The quantitative estimate of drug-likeness (QED) is 0.789. The van der Waals surface area contributed by atoms with Gasteiger partial charge < -0.3 is 15.5 Å². The van der Waals surface area contributed by atoms with E-state index in [4.69, 9.17) is 0 Å². The predicted octanol–water partition coefficient (Wildman–Crippen LogP) is 2.21. The number of nitrogens with one attached hydrogen (secondary N) is 2. The van der Waals surface area contributed by atoms with Crippen molar-refractivity contribution in [1.29, 1.82) is 0 Å². The molecule has 2 fully saturated rings. The van der Waals surface area contributed by atoms with Crippen LogP contribution in [0.15, 0.2) is 17.5 Å². The zero-order valence-corrected chi connectivity index (χ0v) is 16.2. The molecule has 2 aliphatic rings. The van der Waals surface area contributed by atoms with Gasteiger partial charge in [0, 0.05) is 30.9 Å². The molecule has 0 aromatic carbocycles. The van der Waals surface area contributed by atoms with Crippen LogP contribution < -0.4 is 10.6 Å². The van der Waals surface area contributed by atoms with Crippen LogP contribution in [0.4, 0.5) is 0 Å². The number of thiophene rings is 1. The van der Waals surface area contributed by atoms with Gasteiger partial charge in [0.15, 0.2) is 0 Å². The molecule has 3 rings (SSSR count). The van der Waals surface area contributed by atoms with Crippen LogP contribution >= 0.6 is 23.7 Å². The molecule has 2 amide bonds. The van der Waals surface area contributed by atoms with Gasteiger partial charge in [-0.05, 0) is 56.0 Å². The van der Waals surface area contributed by atoms with Crippen LogP contribution in [0.5, 0.6) is 0 Å². The van der Waals surface area contributed by atoms with Gasteiger partial charge in [0.25, 0.3) is 0 Å². The Morgan fingerprint density at radius 3 is 2.92 bits per heavy atom. The minimum Gasteiger partial charge on any atom is -0.354 e. The summed E-state index contributed by atoms with van der Waals surface area (Å²) in [5.41, 5.74) is 0. The van der Waals surface area contributed by atoms with E-state index in [2.05, 4.69) is 22.1 Å². The number of amides is 2.